The first-order valence-electron chi connectivity index (χ1n) is 7.53. The standard InChI is InChI=1S/C16H17N5O3.2ClH/c17-21(7-5-18-6-8-22)16-13-12(9-19-20-16)14(23)10-3-1-2-4-11(10)15(13)24;;/h1-4,9,18,22H,5-8,17H2;2*1H. The van der Waals surface area contributed by atoms with E-state index in [9.17, 15) is 9.59 Å². The maximum absolute atomic E-state index is 12.8. The Morgan fingerprint density at radius 1 is 1.04 bits per heavy atom. The molecule has 0 unspecified atom stereocenters. The van der Waals surface area contributed by atoms with E-state index in [2.05, 4.69) is 15.5 Å². The van der Waals surface area contributed by atoms with Crippen molar-refractivity contribution in [3.05, 3.63) is 52.7 Å². The SMILES string of the molecule is Cl.Cl.NN(CCNCCO)c1nncc2c1C(=O)c1ccccc1C2=O. The number of hydrogen-bond acceptors (Lipinski definition) is 8. The molecule has 140 valence electrons. The number of nitrogens with one attached hydrogen (secondary N) is 1. The van der Waals surface area contributed by atoms with Crippen molar-refractivity contribution in [1.29, 1.82) is 0 Å². The summed E-state index contributed by atoms with van der Waals surface area (Å²) in [6, 6.07) is 6.67. The Morgan fingerprint density at radius 2 is 1.69 bits per heavy atom. The zero-order valence-corrected chi connectivity index (χ0v) is 15.3. The van der Waals surface area contributed by atoms with Crippen LogP contribution in [0.5, 0.6) is 0 Å². The molecule has 0 saturated heterocycles. The lowest BCUT2D eigenvalue weighted by atomic mass is 9.85. The van der Waals surface area contributed by atoms with Crippen LogP contribution in [0.3, 0.4) is 0 Å². The number of fused-ring (bicyclic) bond motifs is 2. The monoisotopic (exact) mass is 399 g/mol. The van der Waals surface area contributed by atoms with Gasteiger partial charge < -0.3 is 10.4 Å². The van der Waals surface area contributed by atoms with Gasteiger partial charge in [-0.1, -0.05) is 24.3 Å². The number of halogens is 2. The maximum atomic E-state index is 12.8. The molecule has 4 N–H and O–H groups in total. The summed E-state index contributed by atoms with van der Waals surface area (Å²) in [6.07, 6.45) is 1.30. The summed E-state index contributed by atoms with van der Waals surface area (Å²) in [5, 5.41) is 20.8. The van der Waals surface area contributed by atoms with Gasteiger partial charge in [-0.15, -0.1) is 29.9 Å². The van der Waals surface area contributed by atoms with E-state index in [0.29, 0.717) is 30.8 Å². The van der Waals surface area contributed by atoms with Gasteiger partial charge in [0, 0.05) is 30.8 Å². The summed E-state index contributed by atoms with van der Waals surface area (Å²) in [5.41, 5.74) is 1.10. The Bertz CT molecular complexity index is 803. The molecule has 0 atom stereocenters. The number of nitrogens with two attached hydrogens (primary N) is 1. The van der Waals surface area contributed by atoms with E-state index in [-0.39, 0.29) is 59.9 Å². The van der Waals surface area contributed by atoms with Crippen molar-refractivity contribution in [3.63, 3.8) is 0 Å². The average molecular weight is 400 g/mol. The first-order valence-corrected chi connectivity index (χ1v) is 7.53. The molecule has 0 saturated carbocycles. The van der Waals surface area contributed by atoms with Crippen molar-refractivity contribution < 1.29 is 14.7 Å². The van der Waals surface area contributed by atoms with Crippen molar-refractivity contribution in [3.8, 4) is 0 Å². The number of nitrogens with zero attached hydrogens (tertiary/aromatic N) is 3. The van der Waals surface area contributed by atoms with Gasteiger partial charge in [0.2, 0.25) is 0 Å². The molecule has 1 heterocycles. The Labute approximate surface area is 162 Å². The van der Waals surface area contributed by atoms with Crippen LogP contribution >= 0.6 is 24.8 Å². The van der Waals surface area contributed by atoms with Crippen LogP contribution in [-0.2, 0) is 0 Å². The number of carbonyl (C=O) groups excluding carboxylic acids is 2. The Balaban J connectivity index is 0.00000169. The average Bonchev–Trinajstić information content (AvgIpc) is 2.62. The molecular formula is C16H19Cl2N5O3. The Morgan fingerprint density at radius 3 is 2.35 bits per heavy atom. The van der Waals surface area contributed by atoms with Crippen LogP contribution in [0.2, 0.25) is 0 Å². The minimum Gasteiger partial charge on any atom is -0.395 e. The molecule has 1 aliphatic carbocycles. The highest BCUT2D eigenvalue weighted by Gasteiger charge is 2.33. The number of hydrogen-bond donors (Lipinski definition) is 3. The quantitative estimate of drug-likeness (QED) is 0.308. The molecule has 8 nitrogen and oxygen atoms in total. The highest BCUT2D eigenvalue weighted by atomic mass is 35.5. The van der Waals surface area contributed by atoms with Crippen molar-refractivity contribution in [2.75, 3.05) is 31.3 Å². The van der Waals surface area contributed by atoms with E-state index < -0.39 is 0 Å². The molecule has 26 heavy (non-hydrogen) atoms. The lowest BCUT2D eigenvalue weighted by Crippen LogP contribution is -2.40. The first kappa shape index (κ1) is 21.9. The van der Waals surface area contributed by atoms with Gasteiger partial charge in [-0.3, -0.25) is 14.6 Å². The summed E-state index contributed by atoms with van der Waals surface area (Å²) in [6.45, 7) is 1.29. The van der Waals surface area contributed by atoms with Crippen LogP contribution in [-0.4, -0.2) is 53.1 Å². The molecule has 0 amide bonds. The molecule has 0 bridgehead atoms. The van der Waals surface area contributed by atoms with E-state index in [1.54, 1.807) is 24.3 Å². The number of aliphatic hydroxyl groups excluding tert-OH is 1. The zero-order chi connectivity index (χ0) is 17.1. The highest BCUT2D eigenvalue weighted by Crippen LogP contribution is 2.30. The molecule has 0 radical (unpaired) electrons. The van der Waals surface area contributed by atoms with Crippen LogP contribution in [0.15, 0.2) is 30.5 Å². The minimum absolute atomic E-state index is 0. The van der Waals surface area contributed by atoms with E-state index in [0.717, 1.165) is 0 Å². The van der Waals surface area contributed by atoms with Gasteiger partial charge in [0.25, 0.3) is 0 Å². The van der Waals surface area contributed by atoms with Gasteiger partial charge in [0.05, 0.1) is 23.9 Å². The normalized spacial score (nSPS) is 11.8. The number of carbonyl (C=O) groups is 2. The highest BCUT2D eigenvalue weighted by molar-refractivity contribution is 6.29. The number of ketones is 2. The van der Waals surface area contributed by atoms with E-state index in [1.165, 1.54) is 11.2 Å². The van der Waals surface area contributed by atoms with Gasteiger partial charge in [0.1, 0.15) is 0 Å². The molecule has 1 aromatic heterocycles. The number of rotatable bonds is 6. The predicted octanol–water partition coefficient (Wildman–Crippen LogP) is 0.358. The fourth-order valence-corrected chi connectivity index (χ4v) is 2.64. The van der Waals surface area contributed by atoms with E-state index in [1.807, 2.05) is 0 Å². The second kappa shape index (κ2) is 9.56. The van der Waals surface area contributed by atoms with Gasteiger partial charge >= 0.3 is 0 Å². The lowest BCUT2D eigenvalue weighted by Gasteiger charge is -2.23. The molecule has 0 aliphatic heterocycles. The van der Waals surface area contributed by atoms with Crippen molar-refractivity contribution in [2.24, 2.45) is 5.84 Å². The fourth-order valence-electron chi connectivity index (χ4n) is 2.64. The molecular weight excluding hydrogens is 381 g/mol. The third-order valence-corrected chi connectivity index (χ3v) is 3.81. The van der Waals surface area contributed by atoms with Gasteiger partial charge in [0.15, 0.2) is 17.4 Å². The second-order valence-corrected chi connectivity index (χ2v) is 5.33. The lowest BCUT2D eigenvalue weighted by molar-refractivity contribution is 0.0978. The number of anilines is 1. The first-order chi connectivity index (χ1) is 11.6. The van der Waals surface area contributed by atoms with E-state index in [4.69, 9.17) is 10.9 Å². The fraction of sp³-hybridized carbons (Fsp3) is 0.250. The Kier molecular flexibility index (Phi) is 8.07. The predicted molar refractivity (Wildman–Crippen MR) is 101 cm³/mol. The molecule has 0 spiro atoms. The van der Waals surface area contributed by atoms with Crippen molar-refractivity contribution in [1.82, 2.24) is 15.5 Å². The smallest absolute Gasteiger partial charge is 0.198 e. The number of hydrazine groups is 1. The van der Waals surface area contributed by atoms with Gasteiger partial charge in [-0.2, -0.15) is 5.10 Å². The molecule has 2 aromatic rings. The third kappa shape index (κ3) is 4.00. The maximum Gasteiger partial charge on any atom is 0.198 e. The largest absolute Gasteiger partial charge is 0.395 e. The van der Waals surface area contributed by atoms with Gasteiger partial charge in [-0.05, 0) is 0 Å². The Hall–Kier alpha value is -2.10. The van der Waals surface area contributed by atoms with Crippen LogP contribution in [0.1, 0.15) is 31.8 Å². The van der Waals surface area contributed by atoms with Gasteiger partial charge in [-0.25, -0.2) is 5.84 Å². The summed E-state index contributed by atoms with van der Waals surface area (Å²) in [4.78, 5) is 25.4. The molecule has 0 fully saturated rings. The number of benzene rings is 1. The molecule has 1 aliphatic rings. The van der Waals surface area contributed by atoms with Crippen LogP contribution in [0.4, 0.5) is 5.82 Å². The van der Waals surface area contributed by atoms with Crippen LogP contribution in [0.25, 0.3) is 0 Å². The zero-order valence-electron chi connectivity index (χ0n) is 13.7. The second-order valence-electron chi connectivity index (χ2n) is 5.33. The summed E-state index contributed by atoms with van der Waals surface area (Å²) >= 11 is 0. The minimum atomic E-state index is -0.288. The summed E-state index contributed by atoms with van der Waals surface area (Å²) < 4.78 is 0. The summed E-state index contributed by atoms with van der Waals surface area (Å²) in [7, 11) is 0. The van der Waals surface area contributed by atoms with Crippen molar-refractivity contribution in [2.45, 2.75) is 0 Å². The topological polar surface area (TPSA) is 121 Å². The van der Waals surface area contributed by atoms with Crippen molar-refractivity contribution >= 4 is 42.2 Å². The van der Waals surface area contributed by atoms with E-state index >= 15 is 0 Å². The molecule has 10 heteroatoms. The molecule has 3 rings (SSSR count). The number of aromatic nitrogens is 2. The molecule has 1 aromatic carbocycles. The summed E-state index contributed by atoms with van der Waals surface area (Å²) in [5.74, 6) is 5.62. The third-order valence-electron chi connectivity index (χ3n) is 3.81. The number of aliphatic hydroxyl groups is 1. The van der Waals surface area contributed by atoms with Crippen LogP contribution in [0, 0.1) is 0 Å². The van der Waals surface area contributed by atoms with Crippen LogP contribution < -0.4 is 16.2 Å².